The molecule has 0 heterocycles. The topological polar surface area (TPSA) is 301 Å². The van der Waals surface area contributed by atoms with Crippen LogP contribution in [0.1, 0.15) is 41.4 Å². The van der Waals surface area contributed by atoms with E-state index < -0.39 is 93.1 Å². The van der Waals surface area contributed by atoms with E-state index in [1.807, 2.05) is 0 Å². The van der Waals surface area contributed by atoms with E-state index in [2.05, 4.69) is 0 Å². The zero-order chi connectivity index (χ0) is 38.0. The van der Waals surface area contributed by atoms with Crippen LogP contribution in [0.5, 0.6) is 0 Å². The molecule has 0 aliphatic heterocycles. The van der Waals surface area contributed by atoms with E-state index in [1.165, 1.54) is 24.3 Å². The summed E-state index contributed by atoms with van der Waals surface area (Å²) in [6, 6.07) is 9.08. The minimum Gasteiger partial charge on any atom is -0.480 e. The predicted molar refractivity (Wildman–Crippen MR) is 163 cm³/mol. The van der Waals surface area contributed by atoms with Gasteiger partial charge in [-0.1, -0.05) is 60.7 Å². The van der Waals surface area contributed by atoms with Crippen molar-refractivity contribution in [1.82, 2.24) is 0 Å². The van der Waals surface area contributed by atoms with Crippen LogP contribution in [0.25, 0.3) is 0 Å². The molecule has 0 amide bonds. The van der Waals surface area contributed by atoms with E-state index in [4.69, 9.17) is 4.74 Å². The Bertz CT molecular complexity index is 1920. The van der Waals surface area contributed by atoms with Gasteiger partial charge in [0.1, 0.15) is 0 Å². The summed E-state index contributed by atoms with van der Waals surface area (Å²) >= 11 is 0. The van der Waals surface area contributed by atoms with Crippen LogP contribution in [-0.4, -0.2) is 90.0 Å². The second-order valence-corrected chi connectivity index (χ2v) is 10.9. The van der Waals surface area contributed by atoms with Crippen LogP contribution in [0.2, 0.25) is 0 Å². The number of carboxylic acid groups (broad SMARTS) is 6. The molecule has 260 valence electrons. The number of aliphatic carboxylic acids is 6. The summed E-state index contributed by atoms with van der Waals surface area (Å²) < 4.78 is 4.87. The first-order chi connectivity index (χ1) is 23.9. The van der Waals surface area contributed by atoms with Crippen molar-refractivity contribution < 1.29 is 83.3 Å². The fourth-order valence-corrected chi connectivity index (χ4v) is 5.33. The number of benzene rings is 2. The SMILES string of the molecule is O=C(O)C1=CC(C(=O)c2cccc(C(=O)OC(=O)c3cccc(C(=O)C4C=CC(C(=O)O)(C(=O)O)C(C(=O)O)=C4)c3)c2)C=CC1(C(=O)O)C(=O)O. The zero-order valence-electron chi connectivity index (χ0n) is 25.4. The predicted octanol–water partition coefficient (Wildman–Crippen LogP) is 1.75. The highest BCUT2D eigenvalue weighted by Gasteiger charge is 2.54. The third kappa shape index (κ3) is 6.45. The largest absolute Gasteiger partial charge is 0.480 e. The van der Waals surface area contributed by atoms with Crippen LogP contribution in [0.15, 0.2) is 96.1 Å². The van der Waals surface area contributed by atoms with Gasteiger partial charge in [-0.25, -0.2) is 19.2 Å². The third-order valence-electron chi connectivity index (χ3n) is 8.02. The van der Waals surface area contributed by atoms with Crippen molar-refractivity contribution in [2.45, 2.75) is 0 Å². The highest BCUT2D eigenvalue weighted by Crippen LogP contribution is 2.38. The quantitative estimate of drug-likeness (QED) is 0.0794. The standard InChI is InChI=1S/C34H22O17/c35-23(17-7-9-33(29(43)44,30(45)46)21(13-17)25(37)38)15-3-1-5-19(11-15)27(41)51-28(42)20-6-2-4-16(12-20)24(36)18-8-10-34(31(47)48,32(49)50)22(14-18)26(39)40/h1-14,17-18H,(H,37,38)(H,39,40)(H,43,44)(H,45,46)(H,47,48)(H,49,50). The lowest BCUT2D eigenvalue weighted by atomic mass is 9.73. The molecule has 2 atom stereocenters. The Morgan fingerprint density at radius 2 is 0.804 bits per heavy atom. The maximum absolute atomic E-state index is 13.2. The number of carboxylic acids is 6. The molecule has 0 saturated heterocycles. The Morgan fingerprint density at radius 1 is 0.490 bits per heavy atom. The minimum absolute atomic E-state index is 0.234. The summed E-state index contributed by atoms with van der Waals surface area (Å²) in [5.74, 6) is -19.1. The van der Waals surface area contributed by atoms with Crippen molar-refractivity contribution in [1.29, 1.82) is 0 Å². The molecule has 2 aliphatic rings. The molecule has 2 aromatic carbocycles. The molecule has 0 saturated carbocycles. The summed E-state index contributed by atoms with van der Waals surface area (Å²) in [7, 11) is 0. The van der Waals surface area contributed by atoms with E-state index in [9.17, 15) is 78.6 Å². The van der Waals surface area contributed by atoms with Crippen molar-refractivity contribution in [3.8, 4) is 0 Å². The molecular weight excluding hydrogens is 680 g/mol. The Kier molecular flexibility index (Phi) is 9.79. The molecule has 4 rings (SSSR count). The number of hydrogen-bond donors (Lipinski definition) is 6. The van der Waals surface area contributed by atoms with Crippen LogP contribution in [0, 0.1) is 22.7 Å². The normalized spacial score (nSPS) is 18.3. The summed E-state index contributed by atoms with van der Waals surface area (Å²) in [5.41, 5.74) is -9.30. The van der Waals surface area contributed by atoms with Gasteiger partial charge in [0.05, 0.1) is 34.1 Å². The summed E-state index contributed by atoms with van der Waals surface area (Å²) in [4.78, 5) is 123. The molecule has 6 N–H and O–H groups in total. The molecule has 2 aliphatic carbocycles. The van der Waals surface area contributed by atoms with Gasteiger partial charge < -0.3 is 35.4 Å². The maximum atomic E-state index is 13.2. The summed E-state index contributed by atoms with van der Waals surface area (Å²) in [6.07, 6.45) is 4.21. The molecule has 0 bridgehead atoms. The van der Waals surface area contributed by atoms with Crippen molar-refractivity contribution in [3.05, 3.63) is 118 Å². The third-order valence-corrected chi connectivity index (χ3v) is 8.02. The van der Waals surface area contributed by atoms with Gasteiger partial charge in [-0.15, -0.1) is 0 Å². The maximum Gasteiger partial charge on any atom is 0.346 e. The number of esters is 2. The van der Waals surface area contributed by atoms with Crippen molar-refractivity contribution in [2.75, 3.05) is 0 Å². The second kappa shape index (κ2) is 13.7. The van der Waals surface area contributed by atoms with Gasteiger partial charge in [-0.3, -0.25) is 28.8 Å². The molecule has 2 unspecified atom stereocenters. The van der Waals surface area contributed by atoms with E-state index in [-0.39, 0.29) is 22.3 Å². The molecule has 0 spiro atoms. The fourth-order valence-electron chi connectivity index (χ4n) is 5.33. The summed E-state index contributed by atoms with van der Waals surface area (Å²) in [5, 5.41) is 56.9. The Balaban J connectivity index is 1.54. The Morgan fingerprint density at radius 3 is 1.10 bits per heavy atom. The lowest BCUT2D eigenvalue weighted by Crippen LogP contribution is -2.44. The highest BCUT2D eigenvalue weighted by molar-refractivity contribution is 6.15. The zero-order valence-corrected chi connectivity index (χ0v) is 25.4. The number of ketones is 2. The number of carbonyl (C=O) groups is 10. The van der Waals surface area contributed by atoms with E-state index >= 15 is 0 Å². The molecule has 51 heavy (non-hydrogen) atoms. The highest BCUT2D eigenvalue weighted by atomic mass is 16.6. The van der Waals surface area contributed by atoms with Crippen LogP contribution in [0.3, 0.4) is 0 Å². The lowest BCUT2D eigenvalue weighted by Gasteiger charge is -2.27. The van der Waals surface area contributed by atoms with Crippen molar-refractivity contribution in [3.63, 3.8) is 0 Å². The second-order valence-electron chi connectivity index (χ2n) is 10.9. The van der Waals surface area contributed by atoms with Gasteiger partial charge >= 0.3 is 47.8 Å². The molecule has 2 aromatic rings. The number of Topliss-reactive ketones (excluding diaryl/α,β-unsaturated/α-hetero) is 2. The first-order valence-corrected chi connectivity index (χ1v) is 14.2. The van der Waals surface area contributed by atoms with Gasteiger partial charge in [0, 0.05) is 11.1 Å². The number of hydrogen-bond acceptors (Lipinski definition) is 11. The van der Waals surface area contributed by atoms with Crippen LogP contribution < -0.4 is 0 Å². The average molecular weight is 703 g/mol. The van der Waals surface area contributed by atoms with E-state index in [0.717, 1.165) is 36.4 Å². The fraction of sp³-hybridized carbons (Fsp3) is 0.118. The summed E-state index contributed by atoms with van der Waals surface area (Å²) in [6.45, 7) is 0. The van der Waals surface area contributed by atoms with E-state index in [0.29, 0.717) is 24.3 Å². The number of carbonyl (C=O) groups excluding carboxylic acids is 4. The molecule has 0 radical (unpaired) electrons. The van der Waals surface area contributed by atoms with Gasteiger partial charge in [0.25, 0.3) is 0 Å². The van der Waals surface area contributed by atoms with Gasteiger partial charge in [-0.2, -0.15) is 0 Å². The van der Waals surface area contributed by atoms with Gasteiger partial charge in [0.2, 0.25) is 10.8 Å². The van der Waals surface area contributed by atoms with Crippen molar-refractivity contribution >= 4 is 59.3 Å². The Labute approximate surface area is 283 Å². The number of ether oxygens (including phenoxy) is 1. The monoisotopic (exact) mass is 702 g/mol. The molecule has 0 aromatic heterocycles. The minimum atomic E-state index is -2.96. The molecular formula is C34H22O17. The van der Waals surface area contributed by atoms with Crippen LogP contribution in [-0.2, 0) is 33.5 Å². The smallest absolute Gasteiger partial charge is 0.346 e. The molecule has 0 fully saturated rings. The van der Waals surface area contributed by atoms with Gasteiger partial charge in [-0.05, 0) is 24.3 Å². The molecule has 17 nitrogen and oxygen atoms in total. The number of allylic oxidation sites excluding steroid dienone is 4. The average Bonchev–Trinajstić information content (AvgIpc) is 3.09. The lowest BCUT2D eigenvalue weighted by molar-refractivity contribution is -0.161. The first-order valence-electron chi connectivity index (χ1n) is 14.2. The number of rotatable bonds is 12. The van der Waals surface area contributed by atoms with E-state index in [1.54, 1.807) is 0 Å². The van der Waals surface area contributed by atoms with Crippen LogP contribution >= 0.6 is 0 Å². The first kappa shape index (κ1) is 36.5. The van der Waals surface area contributed by atoms with Crippen LogP contribution in [0.4, 0.5) is 0 Å². The molecule has 17 heteroatoms. The Hall–Kier alpha value is -7.30. The van der Waals surface area contributed by atoms with Crippen molar-refractivity contribution in [2.24, 2.45) is 22.7 Å². The van der Waals surface area contributed by atoms with Gasteiger partial charge in [0.15, 0.2) is 11.6 Å².